The molecule has 2 heterocycles. The van der Waals surface area contributed by atoms with Crippen molar-refractivity contribution in [1.29, 1.82) is 0 Å². The average molecular weight is 521 g/mol. The molecular weight excluding hydrogens is 488 g/mol. The molecule has 1 aliphatic heterocycles. The van der Waals surface area contributed by atoms with Gasteiger partial charge in [-0.15, -0.1) is 11.3 Å². The highest BCUT2D eigenvalue weighted by Crippen LogP contribution is 2.33. The summed E-state index contributed by atoms with van der Waals surface area (Å²) in [6.45, 7) is 2.89. The van der Waals surface area contributed by atoms with E-state index in [1.165, 1.54) is 21.0 Å². The van der Waals surface area contributed by atoms with Crippen LogP contribution < -0.4 is 4.74 Å². The highest BCUT2D eigenvalue weighted by atomic mass is 32.1. The van der Waals surface area contributed by atoms with Crippen LogP contribution in [0, 0.1) is 0 Å². The number of aliphatic hydroxyl groups excluding tert-OH is 1. The largest absolute Gasteiger partial charge is 0.490 e. The lowest BCUT2D eigenvalue weighted by atomic mass is 9.86. The fourth-order valence-corrected chi connectivity index (χ4v) is 6.31. The van der Waals surface area contributed by atoms with Gasteiger partial charge in [0.2, 0.25) is 0 Å². The van der Waals surface area contributed by atoms with Gasteiger partial charge in [-0.1, -0.05) is 72.8 Å². The fourth-order valence-electron chi connectivity index (χ4n) is 5.44. The maximum absolute atomic E-state index is 10.8. The molecule has 1 saturated heterocycles. The molecule has 1 fully saturated rings. The van der Waals surface area contributed by atoms with Gasteiger partial charge in [-0.25, -0.2) is 4.98 Å². The summed E-state index contributed by atoms with van der Waals surface area (Å²) < 4.78 is 7.26. The molecule has 38 heavy (non-hydrogen) atoms. The predicted octanol–water partition coefficient (Wildman–Crippen LogP) is 7.24. The number of likely N-dealkylation sites (tertiary alicyclic amines) is 1. The van der Waals surface area contributed by atoms with E-state index >= 15 is 0 Å². The first kappa shape index (κ1) is 24.8. The Labute approximate surface area is 227 Å². The summed E-state index contributed by atoms with van der Waals surface area (Å²) in [6.07, 6.45) is 5.76. The Bertz CT molecular complexity index is 1510. The van der Waals surface area contributed by atoms with E-state index in [0.717, 1.165) is 47.8 Å². The standard InChI is InChI=1S/C33H32N2O2S/c36-27(22-35-20-18-25(19-21-35)29-12-7-10-24-8-1-3-11-28(24)29)23-37-31-14-5-2-9-26(31)16-17-33-34-30-13-4-6-15-32(30)38-33/h1-17,25,27,36H,18-23H2. The number of benzene rings is 4. The molecule has 5 aromatic rings. The molecule has 4 aromatic carbocycles. The third-order valence-electron chi connectivity index (χ3n) is 7.39. The lowest BCUT2D eigenvalue weighted by Gasteiger charge is -2.33. The van der Waals surface area contributed by atoms with E-state index in [1.54, 1.807) is 11.3 Å². The topological polar surface area (TPSA) is 45.6 Å². The van der Waals surface area contributed by atoms with E-state index in [1.807, 2.05) is 54.6 Å². The minimum absolute atomic E-state index is 0.273. The normalized spacial score (nSPS) is 15.9. The monoisotopic (exact) mass is 520 g/mol. The summed E-state index contributed by atoms with van der Waals surface area (Å²) in [5, 5.41) is 14.4. The zero-order valence-electron chi connectivity index (χ0n) is 21.4. The molecule has 1 unspecified atom stereocenters. The SMILES string of the molecule is OC(COc1ccccc1C=Cc1nc2ccccc2s1)CN1CCC(c2cccc3ccccc23)CC1. The van der Waals surface area contributed by atoms with Crippen LogP contribution in [0.1, 0.15) is 34.9 Å². The summed E-state index contributed by atoms with van der Waals surface area (Å²) in [4.78, 5) is 7.05. The second kappa shape index (κ2) is 11.5. The maximum Gasteiger partial charge on any atom is 0.126 e. The number of thiazole rings is 1. The molecule has 5 heteroatoms. The van der Waals surface area contributed by atoms with Gasteiger partial charge >= 0.3 is 0 Å². The first-order valence-corrected chi connectivity index (χ1v) is 14.2. The lowest BCUT2D eigenvalue weighted by molar-refractivity contribution is 0.0594. The number of fused-ring (bicyclic) bond motifs is 2. The Balaban J connectivity index is 1.03. The number of β-amino-alcohol motifs (C(OH)–C–C–N with tert-alkyl or cyclic N) is 1. The molecule has 0 radical (unpaired) electrons. The molecular formula is C33H32N2O2S. The number of hydrogen-bond donors (Lipinski definition) is 1. The second-order valence-electron chi connectivity index (χ2n) is 10.00. The number of aromatic nitrogens is 1. The van der Waals surface area contributed by atoms with Crippen molar-refractivity contribution in [1.82, 2.24) is 9.88 Å². The van der Waals surface area contributed by atoms with E-state index in [2.05, 4.69) is 58.4 Å². The van der Waals surface area contributed by atoms with Crippen LogP contribution in [0.4, 0.5) is 0 Å². The lowest BCUT2D eigenvalue weighted by Crippen LogP contribution is -2.40. The zero-order valence-corrected chi connectivity index (χ0v) is 22.2. The van der Waals surface area contributed by atoms with Gasteiger partial charge in [0.25, 0.3) is 0 Å². The van der Waals surface area contributed by atoms with Crippen molar-refractivity contribution >= 4 is 44.5 Å². The Morgan fingerprint density at radius 3 is 2.55 bits per heavy atom. The van der Waals surface area contributed by atoms with Gasteiger partial charge in [0.1, 0.15) is 23.5 Å². The minimum atomic E-state index is -0.537. The van der Waals surface area contributed by atoms with Crippen molar-refractivity contribution in [3.05, 3.63) is 107 Å². The molecule has 0 saturated carbocycles. The van der Waals surface area contributed by atoms with Crippen molar-refractivity contribution in [3.8, 4) is 5.75 Å². The number of hydrogen-bond acceptors (Lipinski definition) is 5. The number of para-hydroxylation sites is 2. The van der Waals surface area contributed by atoms with Crippen LogP contribution in [-0.4, -0.2) is 47.3 Å². The van der Waals surface area contributed by atoms with Crippen molar-refractivity contribution in [2.24, 2.45) is 0 Å². The number of rotatable bonds is 8. The quantitative estimate of drug-likeness (QED) is 0.234. The molecule has 1 N–H and O–H groups in total. The van der Waals surface area contributed by atoms with Crippen LogP contribution in [-0.2, 0) is 0 Å². The highest BCUT2D eigenvalue weighted by Gasteiger charge is 2.23. The molecule has 0 bridgehead atoms. The highest BCUT2D eigenvalue weighted by molar-refractivity contribution is 7.19. The molecule has 6 rings (SSSR count). The molecule has 1 aromatic heterocycles. The van der Waals surface area contributed by atoms with Crippen molar-refractivity contribution in [2.45, 2.75) is 24.9 Å². The van der Waals surface area contributed by atoms with Crippen LogP contribution in [0.3, 0.4) is 0 Å². The van der Waals surface area contributed by atoms with Crippen molar-refractivity contribution in [2.75, 3.05) is 26.2 Å². The zero-order chi connectivity index (χ0) is 25.7. The molecule has 4 nitrogen and oxygen atoms in total. The summed E-state index contributed by atoms with van der Waals surface area (Å²) >= 11 is 1.67. The number of nitrogens with zero attached hydrogens (tertiary/aromatic N) is 2. The van der Waals surface area contributed by atoms with Gasteiger partial charge in [-0.2, -0.15) is 0 Å². The number of ether oxygens (including phenoxy) is 1. The molecule has 0 spiro atoms. The first-order valence-electron chi connectivity index (χ1n) is 13.4. The predicted molar refractivity (Wildman–Crippen MR) is 159 cm³/mol. The molecule has 0 aliphatic carbocycles. The Morgan fingerprint density at radius 1 is 0.895 bits per heavy atom. The van der Waals surface area contributed by atoms with Gasteiger partial charge in [-0.05, 0) is 78.5 Å². The summed E-state index contributed by atoms with van der Waals surface area (Å²) in [5.41, 5.74) is 3.46. The maximum atomic E-state index is 10.8. The minimum Gasteiger partial charge on any atom is -0.490 e. The van der Waals surface area contributed by atoms with Gasteiger partial charge in [-0.3, -0.25) is 0 Å². The summed E-state index contributed by atoms with van der Waals surface area (Å²) in [5.74, 6) is 1.35. The Kier molecular flexibility index (Phi) is 7.49. The van der Waals surface area contributed by atoms with Crippen LogP contribution in [0.15, 0.2) is 91.0 Å². The van der Waals surface area contributed by atoms with Gasteiger partial charge in [0, 0.05) is 12.1 Å². The van der Waals surface area contributed by atoms with Gasteiger partial charge in [0.15, 0.2) is 0 Å². The third-order valence-corrected chi connectivity index (χ3v) is 8.39. The first-order chi connectivity index (χ1) is 18.7. The second-order valence-corrected chi connectivity index (χ2v) is 11.1. The van der Waals surface area contributed by atoms with E-state index in [9.17, 15) is 5.11 Å². The molecule has 1 atom stereocenters. The van der Waals surface area contributed by atoms with E-state index < -0.39 is 6.10 Å². The Morgan fingerprint density at radius 2 is 1.66 bits per heavy atom. The van der Waals surface area contributed by atoms with E-state index in [0.29, 0.717) is 12.5 Å². The average Bonchev–Trinajstić information content (AvgIpc) is 3.39. The van der Waals surface area contributed by atoms with Crippen LogP contribution in [0.25, 0.3) is 33.1 Å². The molecule has 0 amide bonds. The number of piperidine rings is 1. The molecule has 192 valence electrons. The third kappa shape index (κ3) is 5.65. The van der Waals surface area contributed by atoms with Crippen LogP contribution in [0.2, 0.25) is 0 Å². The summed E-state index contributed by atoms with van der Waals surface area (Å²) in [6, 6.07) is 31.5. The van der Waals surface area contributed by atoms with Gasteiger partial charge < -0.3 is 14.7 Å². The van der Waals surface area contributed by atoms with Crippen molar-refractivity contribution < 1.29 is 9.84 Å². The summed E-state index contributed by atoms with van der Waals surface area (Å²) in [7, 11) is 0. The molecule has 1 aliphatic rings. The van der Waals surface area contributed by atoms with Crippen LogP contribution >= 0.6 is 11.3 Å². The van der Waals surface area contributed by atoms with Gasteiger partial charge in [0.05, 0.1) is 10.2 Å². The smallest absolute Gasteiger partial charge is 0.126 e. The number of aliphatic hydroxyl groups is 1. The van der Waals surface area contributed by atoms with Crippen molar-refractivity contribution in [3.63, 3.8) is 0 Å². The van der Waals surface area contributed by atoms with E-state index in [-0.39, 0.29) is 6.61 Å². The van der Waals surface area contributed by atoms with Crippen LogP contribution in [0.5, 0.6) is 5.75 Å². The van der Waals surface area contributed by atoms with E-state index in [4.69, 9.17) is 4.74 Å². The fraction of sp³-hybridized carbons (Fsp3) is 0.242. The Hall–Kier alpha value is -3.51.